The monoisotopic (exact) mass is 280 g/mol. The van der Waals surface area contributed by atoms with Gasteiger partial charge in [0.05, 0.1) is 5.69 Å². The topological polar surface area (TPSA) is 88.3 Å². The predicted molar refractivity (Wildman–Crippen MR) is 71.6 cm³/mol. The molecule has 1 aliphatic heterocycles. The van der Waals surface area contributed by atoms with Crippen molar-refractivity contribution in [3.8, 4) is 0 Å². The van der Waals surface area contributed by atoms with Crippen LogP contribution < -0.4 is 0 Å². The number of aromatic nitrogens is 3. The van der Waals surface area contributed by atoms with E-state index in [0.717, 1.165) is 25.9 Å². The summed E-state index contributed by atoms with van der Waals surface area (Å²) in [5.74, 6) is -1.20. The third kappa shape index (κ3) is 2.52. The smallest absolute Gasteiger partial charge is 0.358 e. The molecule has 110 valence electrons. The Bertz CT molecular complexity index is 518. The van der Waals surface area contributed by atoms with Crippen molar-refractivity contribution in [2.45, 2.75) is 45.6 Å². The van der Waals surface area contributed by atoms with E-state index in [1.807, 2.05) is 13.8 Å². The van der Waals surface area contributed by atoms with Crippen molar-refractivity contribution < 1.29 is 14.7 Å². The van der Waals surface area contributed by atoms with E-state index in [1.165, 1.54) is 4.68 Å². The molecule has 0 aliphatic carbocycles. The number of hydrogen-bond acceptors (Lipinski definition) is 4. The van der Waals surface area contributed by atoms with Crippen molar-refractivity contribution in [3.63, 3.8) is 0 Å². The molecule has 1 aromatic heterocycles. The van der Waals surface area contributed by atoms with E-state index in [1.54, 1.807) is 11.8 Å². The number of nitrogens with zero attached hydrogens (tertiary/aromatic N) is 4. The second-order valence-corrected chi connectivity index (χ2v) is 5.44. The quantitative estimate of drug-likeness (QED) is 0.897. The van der Waals surface area contributed by atoms with Gasteiger partial charge in [0, 0.05) is 13.1 Å². The van der Waals surface area contributed by atoms with E-state index >= 15 is 0 Å². The number of carboxylic acids is 1. The molecule has 1 saturated heterocycles. The van der Waals surface area contributed by atoms with Gasteiger partial charge in [-0.25, -0.2) is 9.48 Å². The first-order valence-corrected chi connectivity index (χ1v) is 6.90. The molecule has 2 heterocycles. The molecular weight excluding hydrogens is 260 g/mol. The summed E-state index contributed by atoms with van der Waals surface area (Å²) in [5.41, 5.74) is 0.429. The van der Waals surface area contributed by atoms with Gasteiger partial charge < -0.3 is 10.0 Å². The standard InChI is InChI=1S/C13H20N4O3/c1-8(2)11-10(13(19)20)14-15-17(11)9(3)12(18)16-6-4-5-7-16/h8-9H,4-7H2,1-3H3,(H,19,20). The minimum atomic E-state index is -1.11. The van der Waals surface area contributed by atoms with E-state index in [-0.39, 0.29) is 17.5 Å². The highest BCUT2D eigenvalue weighted by molar-refractivity contribution is 5.87. The highest BCUT2D eigenvalue weighted by Gasteiger charge is 2.30. The number of carboxylic acid groups (broad SMARTS) is 1. The van der Waals surface area contributed by atoms with Gasteiger partial charge in [0.1, 0.15) is 6.04 Å². The third-order valence-corrected chi connectivity index (χ3v) is 3.62. The van der Waals surface area contributed by atoms with Crippen LogP contribution in [0.15, 0.2) is 0 Å². The highest BCUT2D eigenvalue weighted by Crippen LogP contribution is 2.23. The first kappa shape index (κ1) is 14.5. The van der Waals surface area contributed by atoms with Crippen molar-refractivity contribution in [1.29, 1.82) is 0 Å². The second kappa shape index (κ2) is 5.60. The van der Waals surface area contributed by atoms with Crippen LogP contribution >= 0.6 is 0 Å². The summed E-state index contributed by atoms with van der Waals surface area (Å²) in [4.78, 5) is 25.4. The zero-order chi connectivity index (χ0) is 14.9. The largest absolute Gasteiger partial charge is 0.476 e. The fraction of sp³-hybridized carbons (Fsp3) is 0.692. The highest BCUT2D eigenvalue weighted by atomic mass is 16.4. The molecule has 1 aromatic rings. The van der Waals surface area contributed by atoms with Gasteiger partial charge in [-0.3, -0.25) is 4.79 Å². The first-order valence-electron chi connectivity index (χ1n) is 6.90. The third-order valence-electron chi connectivity index (χ3n) is 3.62. The van der Waals surface area contributed by atoms with Crippen LogP contribution in [0.4, 0.5) is 0 Å². The number of carbonyl (C=O) groups excluding carboxylic acids is 1. The lowest BCUT2D eigenvalue weighted by Gasteiger charge is -2.22. The van der Waals surface area contributed by atoms with Crippen LogP contribution in [-0.4, -0.2) is 50.0 Å². The Morgan fingerprint density at radius 3 is 2.30 bits per heavy atom. The molecular formula is C13H20N4O3. The molecule has 1 aliphatic rings. The van der Waals surface area contributed by atoms with Gasteiger partial charge in [0.25, 0.3) is 0 Å². The molecule has 1 atom stereocenters. The average Bonchev–Trinajstić information content (AvgIpc) is 3.05. The SMILES string of the molecule is CC(C)c1c(C(=O)O)nnn1C(C)C(=O)N1CCCC1. The molecule has 1 amide bonds. The van der Waals surface area contributed by atoms with Crippen molar-refractivity contribution >= 4 is 11.9 Å². The number of carbonyl (C=O) groups is 2. The maximum absolute atomic E-state index is 12.4. The molecule has 0 radical (unpaired) electrons. The molecule has 2 rings (SSSR count). The van der Waals surface area contributed by atoms with Crippen molar-refractivity contribution in [3.05, 3.63) is 11.4 Å². The maximum atomic E-state index is 12.4. The van der Waals surface area contributed by atoms with Crippen LogP contribution in [0, 0.1) is 0 Å². The van der Waals surface area contributed by atoms with Crippen LogP contribution in [0.1, 0.15) is 61.8 Å². The molecule has 0 spiro atoms. The maximum Gasteiger partial charge on any atom is 0.358 e. The molecule has 1 unspecified atom stereocenters. The molecule has 20 heavy (non-hydrogen) atoms. The van der Waals surface area contributed by atoms with Crippen LogP contribution in [0.25, 0.3) is 0 Å². The molecule has 0 bridgehead atoms. The Kier molecular flexibility index (Phi) is 4.06. The first-order chi connectivity index (χ1) is 9.43. The Hall–Kier alpha value is -1.92. The van der Waals surface area contributed by atoms with E-state index in [4.69, 9.17) is 5.11 Å². The zero-order valence-electron chi connectivity index (χ0n) is 12.0. The summed E-state index contributed by atoms with van der Waals surface area (Å²) in [6.07, 6.45) is 2.04. The Morgan fingerprint density at radius 1 is 1.20 bits per heavy atom. The number of aromatic carboxylic acids is 1. The van der Waals surface area contributed by atoms with E-state index in [2.05, 4.69) is 10.3 Å². The summed E-state index contributed by atoms with van der Waals surface area (Å²) < 4.78 is 1.45. The fourth-order valence-electron chi connectivity index (χ4n) is 2.58. The van der Waals surface area contributed by atoms with Crippen LogP contribution in [0.3, 0.4) is 0 Å². The van der Waals surface area contributed by atoms with Crippen molar-refractivity contribution in [2.24, 2.45) is 0 Å². The minimum Gasteiger partial charge on any atom is -0.476 e. The molecule has 7 nitrogen and oxygen atoms in total. The van der Waals surface area contributed by atoms with Gasteiger partial charge in [-0.15, -0.1) is 5.10 Å². The van der Waals surface area contributed by atoms with E-state index in [9.17, 15) is 9.59 Å². The zero-order valence-corrected chi connectivity index (χ0v) is 12.0. The van der Waals surface area contributed by atoms with Crippen LogP contribution in [-0.2, 0) is 4.79 Å². The number of rotatable bonds is 4. The van der Waals surface area contributed by atoms with Crippen molar-refractivity contribution in [1.82, 2.24) is 19.9 Å². The van der Waals surface area contributed by atoms with Crippen LogP contribution in [0.5, 0.6) is 0 Å². The number of amides is 1. The predicted octanol–water partition coefficient (Wildman–Crippen LogP) is 1.28. The summed E-state index contributed by atoms with van der Waals surface area (Å²) in [6.45, 7) is 7.01. The fourth-order valence-corrected chi connectivity index (χ4v) is 2.58. The minimum absolute atomic E-state index is 0.0220. The number of likely N-dealkylation sites (tertiary alicyclic amines) is 1. The lowest BCUT2D eigenvalue weighted by molar-refractivity contribution is -0.133. The van der Waals surface area contributed by atoms with Gasteiger partial charge in [0.2, 0.25) is 5.91 Å². The molecule has 1 fully saturated rings. The lowest BCUT2D eigenvalue weighted by Crippen LogP contribution is -2.35. The van der Waals surface area contributed by atoms with Gasteiger partial charge in [-0.2, -0.15) is 0 Å². The average molecular weight is 280 g/mol. The molecule has 0 saturated carbocycles. The lowest BCUT2D eigenvalue weighted by atomic mass is 10.1. The van der Waals surface area contributed by atoms with E-state index < -0.39 is 12.0 Å². The van der Waals surface area contributed by atoms with E-state index in [0.29, 0.717) is 5.69 Å². The molecule has 1 N–H and O–H groups in total. The summed E-state index contributed by atoms with van der Waals surface area (Å²) in [7, 11) is 0. The normalized spacial score (nSPS) is 16.7. The van der Waals surface area contributed by atoms with Gasteiger partial charge >= 0.3 is 5.97 Å². The Balaban J connectivity index is 2.31. The Morgan fingerprint density at radius 2 is 1.80 bits per heavy atom. The van der Waals surface area contributed by atoms with Gasteiger partial charge in [0.15, 0.2) is 5.69 Å². The molecule has 0 aromatic carbocycles. The Labute approximate surface area is 117 Å². The van der Waals surface area contributed by atoms with Gasteiger partial charge in [-0.05, 0) is 25.7 Å². The van der Waals surface area contributed by atoms with Crippen LogP contribution in [0.2, 0.25) is 0 Å². The summed E-state index contributed by atoms with van der Waals surface area (Å²) >= 11 is 0. The summed E-state index contributed by atoms with van der Waals surface area (Å²) in [6, 6.07) is -0.522. The van der Waals surface area contributed by atoms with Crippen molar-refractivity contribution in [2.75, 3.05) is 13.1 Å². The second-order valence-electron chi connectivity index (χ2n) is 5.44. The number of hydrogen-bond donors (Lipinski definition) is 1. The molecule has 7 heteroatoms. The summed E-state index contributed by atoms with van der Waals surface area (Å²) in [5, 5.41) is 16.7. The van der Waals surface area contributed by atoms with Gasteiger partial charge in [-0.1, -0.05) is 19.1 Å².